The second kappa shape index (κ2) is 7.57. The van der Waals surface area contributed by atoms with Gasteiger partial charge < -0.3 is 10.6 Å². The highest BCUT2D eigenvalue weighted by atomic mass is 35.5. The highest BCUT2D eigenvalue weighted by Gasteiger charge is 2.07. The molecule has 1 aromatic carbocycles. The predicted molar refractivity (Wildman–Crippen MR) is 94.4 cm³/mol. The van der Waals surface area contributed by atoms with E-state index in [-0.39, 0.29) is 5.91 Å². The van der Waals surface area contributed by atoms with Gasteiger partial charge in [0.15, 0.2) is 0 Å². The van der Waals surface area contributed by atoms with Crippen LogP contribution in [0.2, 0.25) is 5.02 Å². The van der Waals surface area contributed by atoms with Gasteiger partial charge in [-0.25, -0.2) is 0 Å². The first-order valence-electron chi connectivity index (χ1n) is 7.36. The van der Waals surface area contributed by atoms with Crippen LogP contribution in [0.5, 0.6) is 0 Å². The van der Waals surface area contributed by atoms with E-state index < -0.39 is 0 Å². The third-order valence-electron chi connectivity index (χ3n) is 3.27. The van der Waals surface area contributed by atoms with Crippen LogP contribution in [0, 0.1) is 0 Å². The molecule has 0 radical (unpaired) electrons. The van der Waals surface area contributed by atoms with Crippen LogP contribution in [0.1, 0.15) is 16.1 Å². The minimum absolute atomic E-state index is 0.206. The Morgan fingerprint density at radius 1 is 1.04 bits per heavy atom. The van der Waals surface area contributed by atoms with Crippen LogP contribution in [0.3, 0.4) is 0 Å². The van der Waals surface area contributed by atoms with Gasteiger partial charge in [0.1, 0.15) is 0 Å². The van der Waals surface area contributed by atoms with E-state index in [1.54, 1.807) is 30.6 Å². The second-order valence-electron chi connectivity index (χ2n) is 5.10. The average Bonchev–Trinajstić information content (AvgIpc) is 2.61. The number of nitrogens with zero attached hydrogens (tertiary/aromatic N) is 2. The van der Waals surface area contributed by atoms with E-state index in [0.29, 0.717) is 22.8 Å². The number of aromatic nitrogens is 2. The Bertz CT molecular complexity index is 839. The van der Waals surface area contributed by atoms with Gasteiger partial charge in [0, 0.05) is 23.1 Å². The zero-order valence-electron chi connectivity index (χ0n) is 12.7. The van der Waals surface area contributed by atoms with Crippen molar-refractivity contribution in [1.82, 2.24) is 15.3 Å². The van der Waals surface area contributed by atoms with E-state index in [1.807, 2.05) is 30.3 Å². The lowest BCUT2D eigenvalue weighted by Crippen LogP contribution is -2.23. The summed E-state index contributed by atoms with van der Waals surface area (Å²) >= 11 is 5.97. The summed E-state index contributed by atoms with van der Waals surface area (Å²) < 4.78 is 0. The normalized spacial score (nSPS) is 10.2. The van der Waals surface area contributed by atoms with Crippen molar-refractivity contribution in [2.45, 2.75) is 6.54 Å². The summed E-state index contributed by atoms with van der Waals surface area (Å²) in [5, 5.41) is 6.64. The summed E-state index contributed by atoms with van der Waals surface area (Å²) in [6, 6.07) is 14.6. The number of anilines is 2. The third-order valence-corrected chi connectivity index (χ3v) is 3.51. The first kappa shape index (κ1) is 16.0. The van der Waals surface area contributed by atoms with Crippen LogP contribution < -0.4 is 10.6 Å². The van der Waals surface area contributed by atoms with E-state index in [9.17, 15) is 4.79 Å². The van der Waals surface area contributed by atoms with Gasteiger partial charge in [-0.3, -0.25) is 14.8 Å². The highest BCUT2D eigenvalue weighted by Crippen LogP contribution is 2.20. The Labute approximate surface area is 144 Å². The molecule has 5 nitrogen and oxygen atoms in total. The molecule has 0 atom stereocenters. The molecule has 120 valence electrons. The van der Waals surface area contributed by atoms with E-state index >= 15 is 0 Å². The maximum Gasteiger partial charge on any atom is 0.253 e. The molecule has 1 amide bonds. The molecular formula is C18H15ClN4O. The Hall–Kier alpha value is -2.92. The molecule has 0 fully saturated rings. The van der Waals surface area contributed by atoms with Crippen molar-refractivity contribution in [3.8, 4) is 0 Å². The number of nitrogens with one attached hydrogen (secondary N) is 2. The highest BCUT2D eigenvalue weighted by molar-refractivity contribution is 6.30. The summed E-state index contributed by atoms with van der Waals surface area (Å²) in [6.45, 7) is 0.367. The van der Waals surface area contributed by atoms with Crippen LogP contribution >= 0.6 is 11.6 Å². The summed E-state index contributed by atoms with van der Waals surface area (Å²) in [6.07, 6.45) is 4.87. The zero-order chi connectivity index (χ0) is 16.8. The Morgan fingerprint density at radius 3 is 2.75 bits per heavy atom. The molecule has 2 aromatic heterocycles. The molecule has 6 heteroatoms. The third kappa shape index (κ3) is 4.30. The molecule has 0 aliphatic rings. The number of carbonyl (C=O) groups is 1. The maximum atomic E-state index is 12.2. The topological polar surface area (TPSA) is 66.9 Å². The first-order chi connectivity index (χ1) is 11.7. The fourth-order valence-electron chi connectivity index (χ4n) is 2.14. The van der Waals surface area contributed by atoms with Crippen molar-refractivity contribution < 1.29 is 4.79 Å². The van der Waals surface area contributed by atoms with Gasteiger partial charge >= 0.3 is 0 Å². The molecule has 24 heavy (non-hydrogen) atoms. The first-order valence-corrected chi connectivity index (χ1v) is 7.74. The lowest BCUT2D eigenvalue weighted by Gasteiger charge is -2.09. The number of carbonyl (C=O) groups excluding carboxylic acids is 1. The minimum Gasteiger partial charge on any atom is -0.354 e. The van der Waals surface area contributed by atoms with Crippen LogP contribution in [0.15, 0.2) is 67.1 Å². The summed E-state index contributed by atoms with van der Waals surface area (Å²) in [4.78, 5) is 20.5. The van der Waals surface area contributed by atoms with E-state index in [1.165, 1.54) is 6.20 Å². The van der Waals surface area contributed by atoms with Crippen molar-refractivity contribution in [2.24, 2.45) is 0 Å². The monoisotopic (exact) mass is 338 g/mol. The number of pyridine rings is 2. The Balaban J connectivity index is 1.67. The predicted octanol–water partition coefficient (Wildman–Crippen LogP) is 3.80. The van der Waals surface area contributed by atoms with Gasteiger partial charge in [0.25, 0.3) is 5.91 Å². The maximum absolute atomic E-state index is 12.2. The van der Waals surface area contributed by atoms with Gasteiger partial charge in [-0.15, -0.1) is 0 Å². The second-order valence-corrected chi connectivity index (χ2v) is 5.54. The Kier molecular flexibility index (Phi) is 5.03. The SMILES string of the molecule is O=C(NCc1ccccn1)c1cncc(Nc2cccc(Cl)c2)c1. The van der Waals surface area contributed by atoms with Gasteiger partial charge in [-0.05, 0) is 36.4 Å². The smallest absolute Gasteiger partial charge is 0.253 e. The number of halogens is 1. The van der Waals surface area contributed by atoms with Gasteiger partial charge in [0.05, 0.1) is 29.7 Å². The van der Waals surface area contributed by atoms with E-state index in [0.717, 1.165) is 11.4 Å². The summed E-state index contributed by atoms with van der Waals surface area (Å²) in [5.74, 6) is -0.206. The fourth-order valence-corrected chi connectivity index (χ4v) is 2.33. The summed E-state index contributed by atoms with van der Waals surface area (Å²) in [5.41, 5.74) is 2.81. The van der Waals surface area contributed by atoms with E-state index in [2.05, 4.69) is 20.6 Å². The largest absolute Gasteiger partial charge is 0.354 e. The van der Waals surface area contributed by atoms with Gasteiger partial charge in [-0.2, -0.15) is 0 Å². The number of amides is 1. The molecular weight excluding hydrogens is 324 g/mol. The molecule has 0 saturated carbocycles. The molecule has 2 N–H and O–H groups in total. The lowest BCUT2D eigenvalue weighted by atomic mass is 10.2. The van der Waals surface area contributed by atoms with Crippen molar-refractivity contribution in [2.75, 3.05) is 5.32 Å². The molecule has 0 unspecified atom stereocenters. The van der Waals surface area contributed by atoms with Crippen molar-refractivity contribution in [3.63, 3.8) is 0 Å². The number of benzene rings is 1. The average molecular weight is 339 g/mol. The van der Waals surface area contributed by atoms with Crippen molar-refractivity contribution >= 4 is 28.9 Å². The number of rotatable bonds is 5. The minimum atomic E-state index is -0.206. The molecule has 3 rings (SSSR count). The molecule has 0 spiro atoms. The molecule has 0 aliphatic carbocycles. The van der Waals surface area contributed by atoms with Gasteiger partial charge in [-0.1, -0.05) is 23.7 Å². The number of hydrogen-bond acceptors (Lipinski definition) is 4. The molecule has 3 aromatic rings. The molecule has 0 aliphatic heterocycles. The molecule has 0 saturated heterocycles. The molecule has 2 heterocycles. The fraction of sp³-hybridized carbons (Fsp3) is 0.0556. The quantitative estimate of drug-likeness (QED) is 0.742. The number of hydrogen-bond donors (Lipinski definition) is 2. The lowest BCUT2D eigenvalue weighted by molar-refractivity contribution is 0.0950. The molecule has 0 bridgehead atoms. The van der Waals surface area contributed by atoms with Crippen LogP contribution in [0.4, 0.5) is 11.4 Å². The van der Waals surface area contributed by atoms with Crippen molar-refractivity contribution in [1.29, 1.82) is 0 Å². The standard InChI is InChI=1S/C18H15ClN4O/c19-14-4-3-6-15(9-14)23-17-8-13(10-20-11-17)18(24)22-12-16-5-1-2-7-21-16/h1-11,23H,12H2,(H,22,24). The van der Waals surface area contributed by atoms with Crippen LogP contribution in [-0.2, 0) is 6.54 Å². The Morgan fingerprint density at radius 2 is 1.96 bits per heavy atom. The van der Waals surface area contributed by atoms with E-state index in [4.69, 9.17) is 11.6 Å². The zero-order valence-corrected chi connectivity index (χ0v) is 13.5. The van der Waals surface area contributed by atoms with Gasteiger partial charge in [0.2, 0.25) is 0 Å². The summed E-state index contributed by atoms with van der Waals surface area (Å²) in [7, 11) is 0. The van der Waals surface area contributed by atoms with Crippen molar-refractivity contribution in [3.05, 3.63) is 83.4 Å². The van der Waals surface area contributed by atoms with Crippen LogP contribution in [0.25, 0.3) is 0 Å². The van der Waals surface area contributed by atoms with Crippen LogP contribution in [-0.4, -0.2) is 15.9 Å².